The Morgan fingerprint density at radius 1 is 1.58 bits per heavy atom. The second-order valence-corrected chi connectivity index (χ2v) is 4.81. The van der Waals surface area contributed by atoms with E-state index in [9.17, 15) is 9.18 Å². The molecule has 0 aliphatic carbocycles. The Hall–Kier alpha value is -1.95. The van der Waals surface area contributed by atoms with Gasteiger partial charge in [-0.2, -0.15) is 0 Å². The second-order valence-electron chi connectivity index (χ2n) is 4.48. The van der Waals surface area contributed by atoms with Crippen molar-refractivity contribution in [3.63, 3.8) is 0 Å². The van der Waals surface area contributed by atoms with Crippen LogP contribution in [0.1, 0.15) is 17.4 Å². The number of hydrogen-bond donors (Lipinski definition) is 1. The number of amides is 1. The van der Waals surface area contributed by atoms with E-state index in [1.807, 2.05) is 6.92 Å². The minimum atomic E-state index is -0.569. The number of fused-ring (bicyclic) bond motifs is 1. The number of nitrogens with one attached hydrogen (secondary N) is 1. The average molecular weight is 281 g/mol. The van der Waals surface area contributed by atoms with Gasteiger partial charge in [0, 0.05) is 24.3 Å². The summed E-state index contributed by atoms with van der Waals surface area (Å²) >= 11 is 5.67. The van der Waals surface area contributed by atoms with E-state index in [2.05, 4.69) is 15.3 Å². The molecule has 0 spiro atoms. The third-order valence-electron chi connectivity index (χ3n) is 2.97. The van der Waals surface area contributed by atoms with Gasteiger partial charge in [0.2, 0.25) is 5.28 Å². The van der Waals surface area contributed by atoms with Gasteiger partial charge in [-0.05, 0) is 24.6 Å². The second kappa shape index (κ2) is 4.31. The summed E-state index contributed by atoms with van der Waals surface area (Å²) in [5, 5.41) is 2.78. The number of nitrogens with zero attached hydrogens (tertiary/aromatic N) is 3. The molecule has 3 rings (SSSR count). The Labute approximate surface area is 113 Å². The number of rotatable bonds is 1. The van der Waals surface area contributed by atoms with Crippen LogP contribution in [0.3, 0.4) is 0 Å². The zero-order valence-corrected chi connectivity index (χ0v) is 10.8. The van der Waals surface area contributed by atoms with Gasteiger partial charge in [-0.25, -0.2) is 14.4 Å². The Bertz CT molecular complexity index is 670. The van der Waals surface area contributed by atoms with Crippen LogP contribution >= 0.6 is 11.6 Å². The Morgan fingerprint density at radius 3 is 3.16 bits per heavy atom. The molecule has 98 valence electrons. The Morgan fingerprint density at radius 2 is 2.37 bits per heavy atom. The van der Waals surface area contributed by atoms with Gasteiger partial charge in [-0.1, -0.05) is 0 Å². The molecule has 3 heterocycles. The molecule has 1 aliphatic rings. The Balaban J connectivity index is 2.10. The molecule has 0 saturated heterocycles. The van der Waals surface area contributed by atoms with Gasteiger partial charge in [0.15, 0.2) is 5.82 Å². The largest absolute Gasteiger partial charge is 0.347 e. The van der Waals surface area contributed by atoms with Crippen molar-refractivity contribution in [2.45, 2.75) is 19.5 Å². The Kier molecular flexibility index (Phi) is 2.74. The maximum absolute atomic E-state index is 13.7. The first-order valence-electron chi connectivity index (χ1n) is 5.74. The molecule has 1 N–H and O–H groups in total. The normalized spacial score (nSPS) is 18.1. The summed E-state index contributed by atoms with van der Waals surface area (Å²) in [6.07, 6.45) is 2.72. The van der Waals surface area contributed by atoms with Crippen molar-refractivity contribution in [3.05, 3.63) is 35.3 Å². The molecule has 5 nitrogen and oxygen atoms in total. The molecule has 1 atom stereocenters. The maximum Gasteiger partial charge on any atom is 0.268 e. The average Bonchev–Trinajstić information content (AvgIpc) is 2.76. The molecule has 0 saturated carbocycles. The molecule has 1 unspecified atom stereocenters. The fourth-order valence-corrected chi connectivity index (χ4v) is 2.30. The lowest BCUT2D eigenvalue weighted by Gasteiger charge is -2.22. The first-order valence-corrected chi connectivity index (χ1v) is 6.12. The highest BCUT2D eigenvalue weighted by Crippen LogP contribution is 2.25. The van der Waals surface area contributed by atoms with Crippen molar-refractivity contribution in [3.8, 4) is 11.3 Å². The number of aromatic nitrogens is 3. The fourth-order valence-electron chi connectivity index (χ4n) is 2.17. The number of carbonyl (C=O) groups is 1. The molecule has 2 aromatic rings. The van der Waals surface area contributed by atoms with Gasteiger partial charge in [0.25, 0.3) is 5.91 Å². The smallest absolute Gasteiger partial charge is 0.268 e. The summed E-state index contributed by atoms with van der Waals surface area (Å²) in [6.45, 7) is 2.55. The number of carbonyl (C=O) groups excluding carboxylic acids is 1. The minimum absolute atomic E-state index is 0.0293. The molecule has 0 bridgehead atoms. The highest BCUT2D eigenvalue weighted by atomic mass is 35.5. The third kappa shape index (κ3) is 2.08. The van der Waals surface area contributed by atoms with Crippen molar-refractivity contribution in [1.29, 1.82) is 0 Å². The van der Waals surface area contributed by atoms with Crippen LogP contribution in [0.2, 0.25) is 5.28 Å². The van der Waals surface area contributed by atoms with E-state index in [0.29, 0.717) is 17.8 Å². The van der Waals surface area contributed by atoms with E-state index in [-0.39, 0.29) is 22.9 Å². The van der Waals surface area contributed by atoms with Gasteiger partial charge in [-0.15, -0.1) is 0 Å². The molecule has 0 fully saturated rings. The van der Waals surface area contributed by atoms with E-state index in [0.717, 1.165) is 6.20 Å². The summed E-state index contributed by atoms with van der Waals surface area (Å²) in [7, 11) is 0. The van der Waals surface area contributed by atoms with E-state index < -0.39 is 5.82 Å². The van der Waals surface area contributed by atoms with Crippen molar-refractivity contribution in [2.24, 2.45) is 0 Å². The molecule has 0 radical (unpaired) electrons. The third-order valence-corrected chi connectivity index (χ3v) is 3.15. The zero-order chi connectivity index (χ0) is 13.6. The van der Waals surface area contributed by atoms with Crippen LogP contribution in [0, 0.1) is 5.82 Å². The van der Waals surface area contributed by atoms with Crippen LogP contribution in [0.25, 0.3) is 11.3 Å². The zero-order valence-electron chi connectivity index (χ0n) is 10.0. The summed E-state index contributed by atoms with van der Waals surface area (Å²) in [4.78, 5) is 19.2. The molecule has 1 aliphatic heterocycles. The van der Waals surface area contributed by atoms with Gasteiger partial charge >= 0.3 is 0 Å². The molecular weight excluding hydrogens is 271 g/mol. The van der Waals surface area contributed by atoms with Gasteiger partial charge in [-0.3, -0.25) is 4.79 Å². The van der Waals surface area contributed by atoms with Crippen LogP contribution in [-0.2, 0) is 6.54 Å². The predicted molar refractivity (Wildman–Crippen MR) is 67.4 cm³/mol. The first kappa shape index (κ1) is 12.1. The van der Waals surface area contributed by atoms with E-state index in [1.165, 1.54) is 0 Å². The van der Waals surface area contributed by atoms with Crippen molar-refractivity contribution < 1.29 is 9.18 Å². The SMILES string of the molecule is CC1Cn2cc(-c3nc(Cl)ncc3F)cc2C(=O)N1. The van der Waals surface area contributed by atoms with Gasteiger partial charge in [0.05, 0.1) is 6.20 Å². The molecule has 19 heavy (non-hydrogen) atoms. The van der Waals surface area contributed by atoms with Crippen molar-refractivity contribution in [2.75, 3.05) is 0 Å². The standard InChI is InChI=1S/C12H10ClFN4O/c1-6-4-18-5-7(2-9(18)11(19)16-6)10-8(14)3-15-12(13)17-10/h2-3,5-6H,4H2,1H3,(H,16,19). The fraction of sp³-hybridized carbons (Fsp3) is 0.250. The maximum atomic E-state index is 13.7. The van der Waals surface area contributed by atoms with Crippen LogP contribution in [0.15, 0.2) is 18.5 Å². The molecule has 2 aromatic heterocycles. The summed E-state index contributed by atoms with van der Waals surface area (Å²) in [5.41, 5.74) is 1.10. The van der Waals surface area contributed by atoms with Crippen LogP contribution < -0.4 is 5.32 Å². The molecule has 1 amide bonds. The van der Waals surface area contributed by atoms with E-state index in [4.69, 9.17) is 11.6 Å². The lowest BCUT2D eigenvalue weighted by Crippen LogP contribution is -2.41. The van der Waals surface area contributed by atoms with E-state index in [1.54, 1.807) is 16.8 Å². The van der Waals surface area contributed by atoms with Crippen molar-refractivity contribution in [1.82, 2.24) is 19.9 Å². The lowest BCUT2D eigenvalue weighted by atomic mass is 10.2. The quantitative estimate of drug-likeness (QED) is 0.811. The summed E-state index contributed by atoms with van der Waals surface area (Å²) in [5.74, 6) is -0.744. The van der Waals surface area contributed by atoms with Crippen molar-refractivity contribution >= 4 is 17.5 Å². The number of hydrogen-bond acceptors (Lipinski definition) is 3. The van der Waals surface area contributed by atoms with E-state index >= 15 is 0 Å². The lowest BCUT2D eigenvalue weighted by molar-refractivity contribution is 0.0906. The molecular formula is C12H10ClFN4O. The highest BCUT2D eigenvalue weighted by molar-refractivity contribution is 6.28. The highest BCUT2D eigenvalue weighted by Gasteiger charge is 2.23. The summed E-state index contributed by atoms with van der Waals surface area (Å²) < 4.78 is 15.5. The summed E-state index contributed by atoms with van der Waals surface area (Å²) in [6, 6.07) is 1.64. The molecule has 0 aromatic carbocycles. The van der Waals surface area contributed by atoms with Gasteiger partial charge < -0.3 is 9.88 Å². The van der Waals surface area contributed by atoms with Crippen LogP contribution in [0.4, 0.5) is 4.39 Å². The monoisotopic (exact) mass is 280 g/mol. The molecule has 7 heteroatoms. The predicted octanol–water partition coefficient (Wildman–Crippen LogP) is 1.87. The van der Waals surface area contributed by atoms with Gasteiger partial charge in [0.1, 0.15) is 11.4 Å². The van der Waals surface area contributed by atoms with Crippen LogP contribution in [0.5, 0.6) is 0 Å². The van der Waals surface area contributed by atoms with Crippen LogP contribution in [-0.4, -0.2) is 26.5 Å². The topological polar surface area (TPSA) is 59.8 Å². The first-order chi connectivity index (χ1) is 9.04. The minimum Gasteiger partial charge on any atom is -0.347 e. The number of halogens is 2.